The fraction of sp³-hybridized carbons (Fsp3) is 0.700. The summed E-state index contributed by atoms with van der Waals surface area (Å²) < 4.78 is 9.09. The zero-order valence-electron chi connectivity index (χ0n) is 9.74. The molecule has 0 aromatic rings. The number of hydrogen-bond acceptors (Lipinski definition) is 5. The van der Waals surface area contributed by atoms with Crippen LogP contribution >= 0.6 is 0 Å². The van der Waals surface area contributed by atoms with Gasteiger partial charge >= 0.3 is 11.9 Å². The molecule has 0 bridgehead atoms. The van der Waals surface area contributed by atoms with Gasteiger partial charge in [0.1, 0.15) is 6.04 Å². The standard InChI is InChI=1S/C10H17NO5/c1-4-16-9(13)6-5-8(12)11-7(2)10(14)15-3/h7H,4-6H2,1-3H3,(H,11,12). The molecule has 16 heavy (non-hydrogen) atoms. The lowest BCUT2D eigenvalue weighted by molar-refractivity contribution is -0.145. The van der Waals surface area contributed by atoms with Crippen LogP contribution in [0.2, 0.25) is 0 Å². The Balaban J connectivity index is 3.82. The Bertz CT molecular complexity index is 264. The van der Waals surface area contributed by atoms with Gasteiger partial charge in [-0.25, -0.2) is 4.79 Å². The molecule has 1 atom stereocenters. The summed E-state index contributed by atoms with van der Waals surface area (Å²) in [5.74, 6) is -1.33. The average molecular weight is 231 g/mol. The fourth-order valence-corrected chi connectivity index (χ4v) is 0.998. The van der Waals surface area contributed by atoms with Crippen molar-refractivity contribution in [1.82, 2.24) is 5.32 Å². The van der Waals surface area contributed by atoms with E-state index in [0.717, 1.165) is 0 Å². The quantitative estimate of drug-likeness (QED) is 0.651. The number of hydrogen-bond donors (Lipinski definition) is 1. The SMILES string of the molecule is CCOC(=O)CCC(=O)NC(C)C(=O)OC. The molecule has 0 aliphatic carbocycles. The zero-order chi connectivity index (χ0) is 12.6. The highest BCUT2D eigenvalue weighted by Gasteiger charge is 2.16. The predicted octanol–water partition coefficient (Wildman–Crippen LogP) is 0.00740. The lowest BCUT2D eigenvalue weighted by Crippen LogP contribution is -2.39. The van der Waals surface area contributed by atoms with Gasteiger partial charge in [-0.1, -0.05) is 0 Å². The summed E-state index contributed by atoms with van der Waals surface area (Å²) in [5, 5.41) is 2.41. The maximum Gasteiger partial charge on any atom is 0.328 e. The van der Waals surface area contributed by atoms with Crippen molar-refractivity contribution in [1.29, 1.82) is 0 Å². The molecule has 0 spiro atoms. The summed E-state index contributed by atoms with van der Waals surface area (Å²) in [6.07, 6.45) is 0.00767. The molecular formula is C10H17NO5. The maximum atomic E-state index is 11.3. The van der Waals surface area contributed by atoms with Crippen molar-refractivity contribution in [2.75, 3.05) is 13.7 Å². The van der Waals surface area contributed by atoms with E-state index in [9.17, 15) is 14.4 Å². The van der Waals surface area contributed by atoms with E-state index in [2.05, 4.69) is 14.8 Å². The number of nitrogens with one attached hydrogen (secondary N) is 1. The summed E-state index contributed by atoms with van der Waals surface area (Å²) in [7, 11) is 1.24. The number of amides is 1. The molecule has 0 saturated heterocycles. The second-order valence-electron chi connectivity index (χ2n) is 3.12. The molecule has 1 N–H and O–H groups in total. The Hall–Kier alpha value is -1.59. The van der Waals surface area contributed by atoms with Gasteiger partial charge in [-0.2, -0.15) is 0 Å². The van der Waals surface area contributed by atoms with Gasteiger partial charge in [-0.3, -0.25) is 9.59 Å². The lowest BCUT2D eigenvalue weighted by Gasteiger charge is -2.10. The average Bonchev–Trinajstić information content (AvgIpc) is 2.25. The minimum absolute atomic E-state index is 0.000166. The Morgan fingerprint density at radius 3 is 2.38 bits per heavy atom. The van der Waals surface area contributed by atoms with E-state index in [1.807, 2.05) is 0 Å². The largest absolute Gasteiger partial charge is 0.467 e. The molecule has 0 heterocycles. The van der Waals surface area contributed by atoms with Crippen LogP contribution in [0.3, 0.4) is 0 Å². The van der Waals surface area contributed by atoms with Gasteiger partial charge in [0.25, 0.3) is 0 Å². The van der Waals surface area contributed by atoms with Crippen LogP contribution in [0.4, 0.5) is 0 Å². The summed E-state index contributed by atoms with van der Waals surface area (Å²) in [6, 6.07) is -0.709. The van der Waals surface area contributed by atoms with Crippen molar-refractivity contribution >= 4 is 17.8 Å². The first-order chi connectivity index (χ1) is 7.51. The van der Waals surface area contributed by atoms with Crippen molar-refractivity contribution in [2.45, 2.75) is 32.7 Å². The molecule has 0 aliphatic heterocycles. The van der Waals surface area contributed by atoms with Crippen molar-refractivity contribution in [2.24, 2.45) is 0 Å². The highest BCUT2D eigenvalue weighted by Crippen LogP contribution is 1.95. The molecular weight excluding hydrogens is 214 g/mol. The van der Waals surface area contributed by atoms with Crippen LogP contribution in [-0.2, 0) is 23.9 Å². The van der Waals surface area contributed by atoms with E-state index in [0.29, 0.717) is 6.61 Å². The van der Waals surface area contributed by atoms with Gasteiger partial charge in [-0.15, -0.1) is 0 Å². The molecule has 1 amide bonds. The summed E-state index contributed by atoms with van der Waals surface area (Å²) >= 11 is 0. The molecule has 0 fully saturated rings. The minimum atomic E-state index is -0.709. The Labute approximate surface area is 94.3 Å². The molecule has 0 aliphatic rings. The van der Waals surface area contributed by atoms with Crippen LogP contribution in [-0.4, -0.2) is 37.6 Å². The maximum absolute atomic E-state index is 11.3. The number of ether oxygens (including phenoxy) is 2. The van der Waals surface area contributed by atoms with E-state index in [4.69, 9.17) is 0 Å². The number of rotatable bonds is 6. The van der Waals surface area contributed by atoms with Crippen LogP contribution < -0.4 is 5.32 Å². The monoisotopic (exact) mass is 231 g/mol. The number of methoxy groups -OCH3 is 1. The predicted molar refractivity (Wildman–Crippen MR) is 55.5 cm³/mol. The zero-order valence-corrected chi connectivity index (χ0v) is 9.74. The first kappa shape index (κ1) is 14.4. The van der Waals surface area contributed by atoms with Crippen LogP contribution in [0.25, 0.3) is 0 Å². The van der Waals surface area contributed by atoms with Crippen LogP contribution in [0.1, 0.15) is 26.7 Å². The normalized spacial score (nSPS) is 11.4. The van der Waals surface area contributed by atoms with Gasteiger partial charge in [0.05, 0.1) is 20.1 Å². The fourth-order valence-electron chi connectivity index (χ4n) is 0.998. The van der Waals surface area contributed by atoms with Crippen LogP contribution in [0.5, 0.6) is 0 Å². The third-order valence-corrected chi connectivity index (χ3v) is 1.79. The lowest BCUT2D eigenvalue weighted by atomic mass is 10.2. The molecule has 0 rings (SSSR count). The summed E-state index contributed by atoms with van der Waals surface area (Å²) in [4.78, 5) is 33.1. The Kier molecular flexibility index (Phi) is 6.91. The highest BCUT2D eigenvalue weighted by molar-refractivity contribution is 5.86. The van der Waals surface area contributed by atoms with Gasteiger partial charge in [0.2, 0.25) is 5.91 Å². The van der Waals surface area contributed by atoms with E-state index < -0.39 is 18.0 Å². The first-order valence-corrected chi connectivity index (χ1v) is 5.04. The molecule has 0 saturated carbocycles. The third-order valence-electron chi connectivity index (χ3n) is 1.79. The van der Waals surface area contributed by atoms with Crippen molar-refractivity contribution in [3.63, 3.8) is 0 Å². The van der Waals surface area contributed by atoms with Crippen molar-refractivity contribution < 1.29 is 23.9 Å². The van der Waals surface area contributed by atoms with Crippen LogP contribution in [0.15, 0.2) is 0 Å². The first-order valence-electron chi connectivity index (χ1n) is 5.04. The molecule has 1 unspecified atom stereocenters. The Morgan fingerprint density at radius 1 is 1.25 bits per heavy atom. The van der Waals surface area contributed by atoms with Gasteiger partial charge in [-0.05, 0) is 13.8 Å². The van der Waals surface area contributed by atoms with Gasteiger partial charge in [0, 0.05) is 6.42 Å². The second-order valence-corrected chi connectivity index (χ2v) is 3.12. The van der Waals surface area contributed by atoms with Crippen molar-refractivity contribution in [3.8, 4) is 0 Å². The van der Waals surface area contributed by atoms with E-state index in [1.54, 1.807) is 6.92 Å². The second kappa shape index (κ2) is 7.67. The smallest absolute Gasteiger partial charge is 0.328 e. The molecule has 6 heteroatoms. The number of carbonyl (C=O) groups is 3. The summed E-state index contributed by atoms with van der Waals surface area (Å²) in [5.41, 5.74) is 0. The minimum Gasteiger partial charge on any atom is -0.467 e. The topological polar surface area (TPSA) is 81.7 Å². The molecule has 6 nitrogen and oxygen atoms in total. The van der Waals surface area contributed by atoms with E-state index in [-0.39, 0.29) is 18.7 Å². The molecule has 0 radical (unpaired) electrons. The van der Waals surface area contributed by atoms with E-state index in [1.165, 1.54) is 14.0 Å². The van der Waals surface area contributed by atoms with E-state index >= 15 is 0 Å². The molecule has 92 valence electrons. The Morgan fingerprint density at radius 2 is 1.88 bits per heavy atom. The highest BCUT2D eigenvalue weighted by atomic mass is 16.5. The summed E-state index contributed by atoms with van der Waals surface area (Å²) in [6.45, 7) is 3.49. The molecule has 0 aromatic carbocycles. The van der Waals surface area contributed by atoms with Crippen LogP contribution in [0, 0.1) is 0 Å². The number of esters is 2. The third kappa shape index (κ3) is 6.00. The molecule has 0 aromatic heterocycles. The van der Waals surface area contributed by atoms with Gasteiger partial charge < -0.3 is 14.8 Å². The number of carbonyl (C=O) groups excluding carboxylic acids is 3. The van der Waals surface area contributed by atoms with Gasteiger partial charge in [0.15, 0.2) is 0 Å². The van der Waals surface area contributed by atoms with Crippen molar-refractivity contribution in [3.05, 3.63) is 0 Å².